The van der Waals surface area contributed by atoms with Crippen molar-refractivity contribution in [2.45, 2.75) is 18.7 Å². The first-order valence-corrected chi connectivity index (χ1v) is 6.41. The topological polar surface area (TPSA) is 0 Å². The summed E-state index contributed by atoms with van der Waals surface area (Å²) in [5.74, 6) is 0. The van der Waals surface area contributed by atoms with Crippen molar-refractivity contribution in [2.24, 2.45) is 0 Å². The largest absolute Gasteiger partial charge is 0.117 e. The maximum Gasteiger partial charge on any atom is 0.0625 e. The van der Waals surface area contributed by atoms with Crippen LogP contribution in [0.4, 0.5) is 0 Å². The third-order valence-electron chi connectivity index (χ3n) is 2.77. The van der Waals surface area contributed by atoms with Crippen molar-refractivity contribution >= 4 is 23.2 Å². The first-order valence-electron chi connectivity index (χ1n) is 5.60. The highest BCUT2D eigenvalue weighted by Crippen LogP contribution is 2.25. The lowest BCUT2D eigenvalue weighted by atomic mass is 10.0. The average molecular weight is 265 g/mol. The number of alkyl halides is 1. The van der Waals surface area contributed by atoms with Crippen LogP contribution in [-0.2, 0) is 6.42 Å². The molecule has 2 heteroatoms. The minimum atomic E-state index is 0.0109. The Balaban J connectivity index is 2.08. The van der Waals surface area contributed by atoms with Crippen LogP contribution in [0.15, 0.2) is 48.5 Å². The SMILES string of the molecule is Cc1ccc(C(Cl)Cc2ccc(Cl)cc2)cc1. The monoisotopic (exact) mass is 264 g/mol. The van der Waals surface area contributed by atoms with Gasteiger partial charge >= 0.3 is 0 Å². The summed E-state index contributed by atoms with van der Waals surface area (Å²) < 4.78 is 0. The molecule has 2 aromatic rings. The molecule has 0 nitrogen and oxygen atoms in total. The fraction of sp³-hybridized carbons (Fsp3) is 0.200. The third kappa shape index (κ3) is 3.49. The van der Waals surface area contributed by atoms with Gasteiger partial charge < -0.3 is 0 Å². The van der Waals surface area contributed by atoms with Crippen molar-refractivity contribution in [2.75, 3.05) is 0 Å². The molecule has 0 aliphatic carbocycles. The van der Waals surface area contributed by atoms with Gasteiger partial charge in [-0.3, -0.25) is 0 Å². The summed E-state index contributed by atoms with van der Waals surface area (Å²) in [5, 5.41) is 0.770. The molecular formula is C15H14Cl2. The second kappa shape index (κ2) is 5.57. The first kappa shape index (κ1) is 12.5. The van der Waals surface area contributed by atoms with Crippen LogP contribution in [0.2, 0.25) is 5.02 Å². The van der Waals surface area contributed by atoms with E-state index >= 15 is 0 Å². The summed E-state index contributed by atoms with van der Waals surface area (Å²) in [5.41, 5.74) is 3.62. The van der Waals surface area contributed by atoms with Crippen LogP contribution in [0.5, 0.6) is 0 Å². The Hall–Kier alpha value is -0.980. The van der Waals surface area contributed by atoms with Crippen molar-refractivity contribution in [1.29, 1.82) is 0 Å². The third-order valence-corrected chi connectivity index (χ3v) is 3.43. The standard InChI is InChI=1S/C15H14Cl2/c1-11-2-6-13(7-3-11)15(17)10-12-4-8-14(16)9-5-12/h2-9,15H,10H2,1H3. The van der Waals surface area contributed by atoms with Crippen LogP contribution in [0.1, 0.15) is 22.1 Å². The van der Waals surface area contributed by atoms with E-state index in [-0.39, 0.29) is 5.38 Å². The zero-order valence-corrected chi connectivity index (χ0v) is 11.2. The molecule has 2 rings (SSSR count). The van der Waals surface area contributed by atoms with Crippen molar-refractivity contribution in [3.8, 4) is 0 Å². The number of benzene rings is 2. The number of hydrogen-bond donors (Lipinski definition) is 0. The van der Waals surface area contributed by atoms with Crippen molar-refractivity contribution in [1.82, 2.24) is 0 Å². The van der Waals surface area contributed by atoms with Gasteiger partial charge in [0.15, 0.2) is 0 Å². The van der Waals surface area contributed by atoms with E-state index in [2.05, 4.69) is 31.2 Å². The van der Waals surface area contributed by atoms with Crippen LogP contribution in [-0.4, -0.2) is 0 Å². The highest BCUT2D eigenvalue weighted by molar-refractivity contribution is 6.30. The molecule has 0 aromatic heterocycles. The molecule has 2 aromatic carbocycles. The van der Waals surface area contributed by atoms with E-state index in [1.807, 2.05) is 24.3 Å². The first-order chi connectivity index (χ1) is 8.15. The van der Waals surface area contributed by atoms with E-state index in [0.717, 1.165) is 17.0 Å². The molecule has 0 spiro atoms. The lowest BCUT2D eigenvalue weighted by Gasteiger charge is -2.10. The summed E-state index contributed by atoms with van der Waals surface area (Å²) in [6, 6.07) is 16.2. The predicted molar refractivity (Wildman–Crippen MR) is 74.9 cm³/mol. The molecule has 0 heterocycles. The van der Waals surface area contributed by atoms with E-state index < -0.39 is 0 Å². The van der Waals surface area contributed by atoms with Gasteiger partial charge in [-0.1, -0.05) is 53.6 Å². The van der Waals surface area contributed by atoms with Gasteiger partial charge in [0.1, 0.15) is 0 Å². The van der Waals surface area contributed by atoms with E-state index in [4.69, 9.17) is 23.2 Å². The summed E-state index contributed by atoms with van der Waals surface area (Å²) in [6.07, 6.45) is 0.821. The lowest BCUT2D eigenvalue weighted by Crippen LogP contribution is -1.95. The van der Waals surface area contributed by atoms with Crippen LogP contribution < -0.4 is 0 Å². The van der Waals surface area contributed by atoms with Gasteiger partial charge in [-0.2, -0.15) is 0 Å². The minimum absolute atomic E-state index is 0.0109. The van der Waals surface area contributed by atoms with Gasteiger partial charge in [-0.05, 0) is 36.6 Å². The molecule has 1 unspecified atom stereocenters. The maximum absolute atomic E-state index is 6.40. The number of halogens is 2. The quantitative estimate of drug-likeness (QED) is 0.671. The van der Waals surface area contributed by atoms with Gasteiger partial charge in [0.25, 0.3) is 0 Å². The zero-order chi connectivity index (χ0) is 12.3. The Labute approximate surface area is 112 Å². The molecule has 0 saturated carbocycles. The van der Waals surface area contributed by atoms with Gasteiger partial charge in [0.05, 0.1) is 5.38 Å². The lowest BCUT2D eigenvalue weighted by molar-refractivity contribution is 0.919. The van der Waals surface area contributed by atoms with Gasteiger partial charge in [-0.25, -0.2) is 0 Å². The Morgan fingerprint density at radius 3 is 2.12 bits per heavy atom. The van der Waals surface area contributed by atoms with Crippen molar-refractivity contribution < 1.29 is 0 Å². The smallest absolute Gasteiger partial charge is 0.0625 e. The molecule has 0 aliphatic rings. The summed E-state index contributed by atoms with van der Waals surface area (Å²) in [6.45, 7) is 2.08. The molecule has 1 atom stereocenters. The molecule has 17 heavy (non-hydrogen) atoms. The van der Waals surface area contributed by atoms with E-state index in [9.17, 15) is 0 Å². The maximum atomic E-state index is 6.40. The molecule has 0 saturated heterocycles. The number of hydrogen-bond acceptors (Lipinski definition) is 0. The van der Waals surface area contributed by atoms with Crippen LogP contribution in [0.25, 0.3) is 0 Å². The zero-order valence-electron chi connectivity index (χ0n) is 9.66. The van der Waals surface area contributed by atoms with E-state index in [0.29, 0.717) is 0 Å². The van der Waals surface area contributed by atoms with Crippen LogP contribution in [0.3, 0.4) is 0 Å². The second-order valence-electron chi connectivity index (χ2n) is 4.21. The highest BCUT2D eigenvalue weighted by Gasteiger charge is 2.08. The molecular weight excluding hydrogens is 251 g/mol. The summed E-state index contributed by atoms with van der Waals surface area (Å²) in [4.78, 5) is 0. The van der Waals surface area contributed by atoms with Gasteiger partial charge in [-0.15, -0.1) is 11.6 Å². The van der Waals surface area contributed by atoms with E-state index in [1.54, 1.807) is 0 Å². The van der Waals surface area contributed by atoms with Crippen molar-refractivity contribution in [3.05, 3.63) is 70.2 Å². The molecule has 0 bridgehead atoms. The molecule has 88 valence electrons. The minimum Gasteiger partial charge on any atom is -0.117 e. The number of aryl methyl sites for hydroxylation is 1. The van der Waals surface area contributed by atoms with Crippen LogP contribution in [0, 0.1) is 6.92 Å². The van der Waals surface area contributed by atoms with Crippen molar-refractivity contribution in [3.63, 3.8) is 0 Å². The Morgan fingerprint density at radius 2 is 1.53 bits per heavy atom. The molecule has 0 amide bonds. The fourth-order valence-electron chi connectivity index (χ4n) is 1.72. The molecule has 0 N–H and O–H groups in total. The molecule has 0 fully saturated rings. The summed E-state index contributed by atoms with van der Waals surface area (Å²) >= 11 is 12.2. The predicted octanol–water partition coefficient (Wildman–Crippen LogP) is 5.17. The Kier molecular flexibility index (Phi) is 4.09. The van der Waals surface area contributed by atoms with Gasteiger partial charge in [0.2, 0.25) is 0 Å². The van der Waals surface area contributed by atoms with Crippen LogP contribution >= 0.6 is 23.2 Å². The fourth-order valence-corrected chi connectivity index (χ4v) is 2.17. The Morgan fingerprint density at radius 1 is 0.941 bits per heavy atom. The van der Waals surface area contributed by atoms with E-state index in [1.165, 1.54) is 11.1 Å². The second-order valence-corrected chi connectivity index (χ2v) is 5.17. The molecule has 0 radical (unpaired) electrons. The average Bonchev–Trinajstić information content (AvgIpc) is 2.33. The summed E-state index contributed by atoms with van der Waals surface area (Å²) in [7, 11) is 0. The highest BCUT2D eigenvalue weighted by atomic mass is 35.5. The molecule has 0 aliphatic heterocycles. The van der Waals surface area contributed by atoms with Gasteiger partial charge in [0, 0.05) is 5.02 Å². The number of rotatable bonds is 3. The normalized spacial score (nSPS) is 12.4. The Bertz CT molecular complexity index is 471.